The lowest BCUT2D eigenvalue weighted by Gasteiger charge is -2.25. The Morgan fingerprint density at radius 2 is 1.00 bits per heavy atom. The highest BCUT2D eigenvalue weighted by atomic mass is 16.1. The van der Waals surface area contributed by atoms with Crippen molar-refractivity contribution < 1.29 is 9.59 Å². The van der Waals surface area contributed by atoms with Crippen LogP contribution in [0.2, 0.25) is 0 Å². The van der Waals surface area contributed by atoms with Crippen LogP contribution in [0.15, 0.2) is 60.7 Å². The van der Waals surface area contributed by atoms with Gasteiger partial charge in [-0.15, -0.1) is 0 Å². The molecule has 0 aliphatic heterocycles. The van der Waals surface area contributed by atoms with E-state index in [9.17, 15) is 9.59 Å². The summed E-state index contributed by atoms with van der Waals surface area (Å²) in [5, 5.41) is 7.01. The van der Waals surface area contributed by atoms with Crippen LogP contribution in [0.1, 0.15) is 65.2 Å². The molecule has 0 atom stereocenters. The average molecular weight is 475 g/mol. The minimum absolute atomic E-state index is 0.147. The van der Waals surface area contributed by atoms with E-state index in [1.807, 2.05) is 19.1 Å². The van der Waals surface area contributed by atoms with Gasteiger partial charge < -0.3 is 10.6 Å². The molecular weight excluding hydrogens is 444 g/mol. The van der Waals surface area contributed by atoms with Gasteiger partial charge in [-0.2, -0.15) is 0 Å². The van der Waals surface area contributed by atoms with Gasteiger partial charge in [0.1, 0.15) is 0 Å². The number of ketones is 2. The highest BCUT2D eigenvalue weighted by Crippen LogP contribution is 2.40. The molecule has 4 aromatic rings. The Morgan fingerprint density at radius 1 is 0.528 bits per heavy atom. The highest BCUT2D eigenvalue weighted by molar-refractivity contribution is 6.32. The second-order valence-electron chi connectivity index (χ2n) is 9.84. The van der Waals surface area contributed by atoms with Crippen molar-refractivity contribution in [2.45, 2.75) is 41.5 Å². The molecular formula is C32H30N2O2. The summed E-state index contributed by atoms with van der Waals surface area (Å²) in [4.78, 5) is 27.7. The van der Waals surface area contributed by atoms with E-state index in [-0.39, 0.29) is 11.6 Å². The van der Waals surface area contributed by atoms with Gasteiger partial charge in [0.05, 0.1) is 22.5 Å². The molecule has 4 nitrogen and oxygen atoms in total. The van der Waals surface area contributed by atoms with E-state index in [2.05, 4.69) is 69.5 Å². The molecule has 36 heavy (non-hydrogen) atoms. The number of rotatable bonds is 4. The molecule has 0 saturated heterocycles. The quantitative estimate of drug-likeness (QED) is 0.279. The maximum atomic E-state index is 13.9. The number of hydrogen-bond acceptors (Lipinski definition) is 4. The number of aryl methyl sites for hydroxylation is 5. The van der Waals surface area contributed by atoms with Crippen molar-refractivity contribution in [1.82, 2.24) is 0 Å². The molecule has 0 heterocycles. The first-order chi connectivity index (χ1) is 17.2. The van der Waals surface area contributed by atoms with Crippen LogP contribution in [0.3, 0.4) is 0 Å². The Balaban J connectivity index is 1.72. The summed E-state index contributed by atoms with van der Waals surface area (Å²) in [6.45, 7) is 12.4. The first kappa shape index (κ1) is 23.6. The van der Waals surface area contributed by atoms with E-state index in [4.69, 9.17) is 0 Å². The van der Waals surface area contributed by atoms with E-state index in [1.165, 1.54) is 5.56 Å². The molecule has 0 fully saturated rings. The molecule has 4 heteroatoms. The van der Waals surface area contributed by atoms with Crippen LogP contribution in [0.4, 0.5) is 22.7 Å². The summed E-state index contributed by atoms with van der Waals surface area (Å²) in [6.07, 6.45) is 0. The van der Waals surface area contributed by atoms with Crippen LogP contribution in [0.5, 0.6) is 0 Å². The summed E-state index contributed by atoms with van der Waals surface area (Å²) < 4.78 is 0. The van der Waals surface area contributed by atoms with E-state index >= 15 is 0 Å². The number of nitrogens with one attached hydrogen (secondary N) is 2. The molecule has 2 N–H and O–H groups in total. The number of hydrogen-bond donors (Lipinski definition) is 2. The fourth-order valence-corrected chi connectivity index (χ4v) is 5.22. The number of carbonyl (C=O) groups is 2. The van der Waals surface area contributed by atoms with Crippen molar-refractivity contribution in [3.05, 3.63) is 116 Å². The Bertz CT molecular complexity index is 1560. The third-order valence-corrected chi connectivity index (χ3v) is 7.22. The van der Waals surface area contributed by atoms with Crippen molar-refractivity contribution in [3.63, 3.8) is 0 Å². The second-order valence-corrected chi connectivity index (χ2v) is 9.84. The molecule has 0 bridgehead atoms. The zero-order valence-electron chi connectivity index (χ0n) is 21.6. The number of carbonyl (C=O) groups excluding carboxylic acids is 2. The summed E-state index contributed by atoms with van der Waals surface area (Å²) in [6, 6.07) is 19.3. The van der Waals surface area contributed by atoms with Crippen LogP contribution in [0.25, 0.3) is 0 Å². The van der Waals surface area contributed by atoms with Gasteiger partial charge in [-0.1, -0.05) is 54.1 Å². The molecule has 0 amide bonds. The standard InChI is InChI=1S/C32H30N2O2/c1-17-15-20(4)29(21(5)16-17)33-25-13-14-26(34-30-19(3)12-11-18(2)22(30)6)28-27(25)31(35)23-9-7-8-10-24(23)32(28)36/h7-16,33-34H,1-6H3. The summed E-state index contributed by atoms with van der Waals surface area (Å²) in [5.41, 5.74) is 11.6. The number of benzene rings is 4. The molecule has 5 rings (SSSR count). The molecule has 0 unspecified atom stereocenters. The topological polar surface area (TPSA) is 58.2 Å². The van der Waals surface area contributed by atoms with Crippen molar-refractivity contribution in [2.24, 2.45) is 0 Å². The smallest absolute Gasteiger partial charge is 0.196 e. The molecule has 1 aliphatic carbocycles. The first-order valence-electron chi connectivity index (χ1n) is 12.2. The summed E-state index contributed by atoms with van der Waals surface area (Å²) in [5.74, 6) is -0.293. The lowest BCUT2D eigenvalue weighted by molar-refractivity contribution is 0.0980. The molecule has 0 saturated carbocycles. The van der Waals surface area contributed by atoms with Crippen LogP contribution in [0, 0.1) is 41.5 Å². The summed E-state index contributed by atoms with van der Waals surface area (Å²) in [7, 11) is 0. The normalized spacial score (nSPS) is 12.3. The number of fused-ring (bicyclic) bond motifs is 2. The predicted molar refractivity (Wildman–Crippen MR) is 148 cm³/mol. The van der Waals surface area contributed by atoms with E-state index in [0.717, 1.165) is 39.2 Å². The lowest BCUT2D eigenvalue weighted by atomic mass is 9.82. The average Bonchev–Trinajstić information content (AvgIpc) is 2.85. The van der Waals surface area contributed by atoms with Crippen molar-refractivity contribution in [3.8, 4) is 0 Å². The zero-order chi connectivity index (χ0) is 25.7. The minimum atomic E-state index is -0.147. The molecule has 1 aliphatic rings. The molecule has 180 valence electrons. The summed E-state index contributed by atoms with van der Waals surface area (Å²) >= 11 is 0. The van der Waals surface area contributed by atoms with Gasteiger partial charge in [0.2, 0.25) is 0 Å². The zero-order valence-corrected chi connectivity index (χ0v) is 21.6. The second kappa shape index (κ2) is 8.80. The van der Waals surface area contributed by atoms with Crippen molar-refractivity contribution in [1.29, 1.82) is 0 Å². The monoisotopic (exact) mass is 474 g/mol. The Labute approximate surface area is 212 Å². The molecule has 4 aromatic carbocycles. The third kappa shape index (κ3) is 3.79. The maximum Gasteiger partial charge on any atom is 0.196 e. The minimum Gasteiger partial charge on any atom is -0.354 e. The third-order valence-electron chi connectivity index (χ3n) is 7.22. The van der Waals surface area contributed by atoms with Gasteiger partial charge in [-0.05, 0) is 81.5 Å². The SMILES string of the molecule is Cc1cc(C)c(Nc2ccc(Nc3c(C)ccc(C)c3C)c3c2C(=O)c2ccccc2C3=O)c(C)c1. The number of anilines is 4. The first-order valence-corrected chi connectivity index (χ1v) is 12.2. The van der Waals surface area contributed by atoms with Crippen LogP contribution in [-0.2, 0) is 0 Å². The van der Waals surface area contributed by atoms with Gasteiger partial charge in [0, 0.05) is 22.5 Å². The van der Waals surface area contributed by atoms with Crippen LogP contribution in [-0.4, -0.2) is 11.6 Å². The van der Waals surface area contributed by atoms with Crippen molar-refractivity contribution in [2.75, 3.05) is 10.6 Å². The van der Waals surface area contributed by atoms with E-state index in [1.54, 1.807) is 24.3 Å². The highest BCUT2D eigenvalue weighted by Gasteiger charge is 2.34. The molecule has 0 radical (unpaired) electrons. The Kier molecular flexibility index (Phi) is 5.76. The fourth-order valence-electron chi connectivity index (χ4n) is 5.22. The Hall–Kier alpha value is -4.18. The van der Waals surface area contributed by atoms with Gasteiger partial charge in [-0.25, -0.2) is 0 Å². The van der Waals surface area contributed by atoms with E-state index in [0.29, 0.717) is 33.6 Å². The molecule has 0 spiro atoms. The lowest BCUT2D eigenvalue weighted by Crippen LogP contribution is -2.23. The van der Waals surface area contributed by atoms with Crippen LogP contribution >= 0.6 is 0 Å². The Morgan fingerprint density at radius 3 is 1.53 bits per heavy atom. The van der Waals surface area contributed by atoms with Gasteiger partial charge in [-0.3, -0.25) is 9.59 Å². The van der Waals surface area contributed by atoms with Crippen molar-refractivity contribution >= 4 is 34.3 Å². The van der Waals surface area contributed by atoms with Crippen LogP contribution < -0.4 is 10.6 Å². The fraction of sp³-hybridized carbons (Fsp3) is 0.188. The molecule has 0 aromatic heterocycles. The largest absolute Gasteiger partial charge is 0.354 e. The predicted octanol–water partition coefficient (Wildman–Crippen LogP) is 7.80. The maximum absolute atomic E-state index is 13.9. The van der Waals surface area contributed by atoms with E-state index < -0.39 is 0 Å². The van der Waals surface area contributed by atoms with Gasteiger partial charge in [0.15, 0.2) is 11.6 Å². The van der Waals surface area contributed by atoms with Gasteiger partial charge in [0.25, 0.3) is 0 Å². The van der Waals surface area contributed by atoms with Gasteiger partial charge >= 0.3 is 0 Å².